The van der Waals surface area contributed by atoms with Gasteiger partial charge in [-0.15, -0.1) is 0 Å². The maximum atomic E-state index is 12.7. The molecule has 0 fully saturated rings. The molecule has 1 aromatic carbocycles. The van der Waals surface area contributed by atoms with E-state index in [9.17, 15) is 4.79 Å². The molecule has 0 heterocycles. The molecule has 0 spiro atoms. The largest absolute Gasteiger partial charge is 0.320 e. The standard InChI is InChI=1S/C18H27N3O.Y/c1-7-21(8-2,9-3)15(6)18(22)20-17-13(4)10-16(12-19)11-14(17)5;/h10-11,15H,7-9H2,1-6H3;/p+1. The fraction of sp³-hybridized carbons (Fsp3) is 0.556. The molecule has 1 aromatic rings. The molecular formula is C18H28N3OY+. The van der Waals surface area contributed by atoms with Crippen LogP contribution in [0.25, 0.3) is 0 Å². The first-order valence-corrected chi connectivity index (χ1v) is 8.03. The summed E-state index contributed by atoms with van der Waals surface area (Å²) in [4.78, 5) is 12.7. The molecule has 0 aliphatic rings. The summed E-state index contributed by atoms with van der Waals surface area (Å²) in [6, 6.07) is 5.67. The van der Waals surface area contributed by atoms with Crippen molar-refractivity contribution in [2.45, 2.75) is 47.6 Å². The molecule has 0 aromatic heterocycles. The van der Waals surface area contributed by atoms with Crippen molar-refractivity contribution >= 4 is 11.6 Å². The Hall–Kier alpha value is -0.756. The maximum Gasteiger partial charge on any atom is 0.282 e. The van der Waals surface area contributed by atoms with E-state index in [4.69, 9.17) is 5.26 Å². The first-order valence-electron chi connectivity index (χ1n) is 8.03. The third-order valence-electron chi connectivity index (χ3n) is 5.00. The summed E-state index contributed by atoms with van der Waals surface area (Å²) in [6.45, 7) is 15.1. The fourth-order valence-corrected chi connectivity index (χ4v) is 3.19. The Morgan fingerprint density at radius 3 is 1.96 bits per heavy atom. The molecule has 0 bridgehead atoms. The number of carbonyl (C=O) groups is 1. The summed E-state index contributed by atoms with van der Waals surface area (Å²) in [5, 5.41) is 12.1. The van der Waals surface area contributed by atoms with Gasteiger partial charge in [0.15, 0.2) is 6.04 Å². The van der Waals surface area contributed by atoms with Crippen molar-refractivity contribution < 1.29 is 42.0 Å². The predicted octanol–water partition coefficient (Wildman–Crippen LogP) is 3.38. The van der Waals surface area contributed by atoms with E-state index in [0.717, 1.165) is 40.9 Å². The number of hydrogen-bond donors (Lipinski definition) is 1. The van der Waals surface area contributed by atoms with Crippen LogP contribution in [0.2, 0.25) is 0 Å². The van der Waals surface area contributed by atoms with Crippen molar-refractivity contribution in [2.24, 2.45) is 0 Å². The summed E-state index contributed by atoms with van der Waals surface area (Å²) < 4.78 is 0.778. The van der Waals surface area contributed by atoms with E-state index in [2.05, 4.69) is 32.2 Å². The van der Waals surface area contributed by atoms with Gasteiger partial charge in [0.05, 0.1) is 31.3 Å². The average molecular weight is 391 g/mol. The predicted molar refractivity (Wildman–Crippen MR) is 90.6 cm³/mol. The summed E-state index contributed by atoms with van der Waals surface area (Å²) in [6.07, 6.45) is 0. The number of carbonyl (C=O) groups excluding carboxylic acids is 1. The van der Waals surface area contributed by atoms with Crippen molar-refractivity contribution in [3.8, 4) is 6.07 Å². The van der Waals surface area contributed by atoms with E-state index in [0.29, 0.717) is 5.56 Å². The minimum Gasteiger partial charge on any atom is -0.320 e. The summed E-state index contributed by atoms with van der Waals surface area (Å²) >= 11 is 0. The quantitative estimate of drug-likeness (QED) is 0.756. The molecule has 0 saturated carbocycles. The second-order valence-electron chi connectivity index (χ2n) is 5.93. The number of nitriles is 1. The molecule has 0 aliphatic carbocycles. The Bertz CT molecular complexity index is 557. The smallest absolute Gasteiger partial charge is 0.282 e. The molecule has 0 saturated heterocycles. The van der Waals surface area contributed by atoms with Gasteiger partial charge < -0.3 is 9.80 Å². The Morgan fingerprint density at radius 1 is 1.17 bits per heavy atom. The summed E-state index contributed by atoms with van der Waals surface area (Å²) in [5.74, 6) is 0.0430. The topological polar surface area (TPSA) is 52.9 Å². The monoisotopic (exact) mass is 391 g/mol. The van der Waals surface area contributed by atoms with Gasteiger partial charge in [-0.2, -0.15) is 5.26 Å². The third-order valence-corrected chi connectivity index (χ3v) is 5.00. The van der Waals surface area contributed by atoms with Crippen molar-refractivity contribution in [1.29, 1.82) is 5.26 Å². The Kier molecular flexibility index (Phi) is 9.21. The van der Waals surface area contributed by atoms with Gasteiger partial charge >= 0.3 is 0 Å². The van der Waals surface area contributed by atoms with Crippen LogP contribution in [0.5, 0.6) is 0 Å². The molecule has 0 aliphatic heterocycles. The molecule has 1 radical (unpaired) electrons. The first kappa shape index (κ1) is 22.2. The van der Waals surface area contributed by atoms with Crippen LogP contribution < -0.4 is 5.32 Å². The van der Waals surface area contributed by atoms with Gasteiger partial charge in [-0.3, -0.25) is 4.79 Å². The number of anilines is 1. The third kappa shape index (κ3) is 4.86. The normalized spacial score (nSPS) is 12.0. The summed E-state index contributed by atoms with van der Waals surface area (Å²) in [5.41, 5.74) is 3.32. The van der Waals surface area contributed by atoms with Crippen LogP contribution in [0.1, 0.15) is 44.4 Å². The molecule has 123 valence electrons. The Balaban J connectivity index is 0.00000484. The second-order valence-corrected chi connectivity index (χ2v) is 5.93. The Labute approximate surface area is 165 Å². The SMILES string of the molecule is CC[N+](CC)(CC)C(C)C(=O)Nc1c(C)cc(C#N)cc1C.[Y]. The van der Waals surface area contributed by atoms with Gasteiger partial charge in [0.25, 0.3) is 5.91 Å². The minimum atomic E-state index is -0.102. The van der Waals surface area contributed by atoms with Crippen LogP contribution >= 0.6 is 0 Å². The van der Waals surface area contributed by atoms with Gasteiger partial charge in [0, 0.05) is 38.4 Å². The average Bonchev–Trinajstić information content (AvgIpc) is 2.52. The van der Waals surface area contributed by atoms with Gasteiger partial charge in [-0.05, 0) is 64.8 Å². The zero-order valence-electron chi connectivity index (χ0n) is 15.2. The minimum absolute atomic E-state index is 0. The van der Waals surface area contributed by atoms with Crippen molar-refractivity contribution in [2.75, 3.05) is 25.0 Å². The van der Waals surface area contributed by atoms with E-state index in [1.807, 2.05) is 32.9 Å². The molecule has 1 amide bonds. The van der Waals surface area contributed by atoms with Crippen molar-refractivity contribution in [3.05, 3.63) is 28.8 Å². The van der Waals surface area contributed by atoms with Gasteiger partial charge in [0.1, 0.15) is 0 Å². The van der Waals surface area contributed by atoms with E-state index in [1.54, 1.807) is 0 Å². The maximum absolute atomic E-state index is 12.7. The van der Waals surface area contributed by atoms with Gasteiger partial charge in [-0.1, -0.05) is 0 Å². The van der Waals surface area contributed by atoms with Gasteiger partial charge in [-0.25, -0.2) is 0 Å². The number of nitrogens with zero attached hydrogens (tertiary/aromatic N) is 2. The zero-order chi connectivity index (χ0) is 16.9. The van der Waals surface area contributed by atoms with Crippen LogP contribution in [-0.4, -0.2) is 36.1 Å². The molecule has 1 rings (SSSR count). The molecule has 4 nitrogen and oxygen atoms in total. The molecule has 1 atom stereocenters. The van der Waals surface area contributed by atoms with E-state index >= 15 is 0 Å². The van der Waals surface area contributed by atoms with E-state index < -0.39 is 0 Å². The van der Waals surface area contributed by atoms with Crippen LogP contribution in [0.3, 0.4) is 0 Å². The number of hydrogen-bond acceptors (Lipinski definition) is 2. The molecule has 5 heteroatoms. The number of nitrogens with one attached hydrogen (secondary N) is 1. The molecule has 1 N–H and O–H groups in total. The van der Waals surface area contributed by atoms with E-state index in [-0.39, 0.29) is 44.7 Å². The van der Waals surface area contributed by atoms with Crippen LogP contribution in [0.15, 0.2) is 12.1 Å². The fourth-order valence-electron chi connectivity index (χ4n) is 3.19. The number of amides is 1. The number of benzene rings is 1. The number of rotatable bonds is 6. The number of quaternary nitrogens is 1. The number of likely N-dealkylation sites (N-methyl/N-ethyl adjacent to an activating group) is 1. The second kappa shape index (κ2) is 9.52. The zero-order valence-corrected chi connectivity index (χ0v) is 18.1. The molecular weight excluding hydrogens is 363 g/mol. The van der Waals surface area contributed by atoms with Crippen LogP contribution in [-0.2, 0) is 37.5 Å². The number of aryl methyl sites for hydroxylation is 2. The molecule has 1 unspecified atom stereocenters. The first-order chi connectivity index (χ1) is 10.3. The van der Waals surface area contributed by atoms with Crippen LogP contribution in [0, 0.1) is 25.2 Å². The van der Waals surface area contributed by atoms with Crippen LogP contribution in [0.4, 0.5) is 5.69 Å². The van der Waals surface area contributed by atoms with Crippen molar-refractivity contribution in [1.82, 2.24) is 0 Å². The van der Waals surface area contributed by atoms with Crippen molar-refractivity contribution in [3.63, 3.8) is 0 Å². The van der Waals surface area contributed by atoms with E-state index in [1.165, 1.54) is 0 Å². The summed E-state index contributed by atoms with van der Waals surface area (Å²) in [7, 11) is 0. The Morgan fingerprint density at radius 2 is 1.61 bits per heavy atom. The van der Waals surface area contributed by atoms with Gasteiger partial charge in [0.2, 0.25) is 0 Å². The molecule has 23 heavy (non-hydrogen) atoms.